The van der Waals surface area contributed by atoms with E-state index < -0.39 is 5.91 Å². The molecule has 2 unspecified atom stereocenters. The van der Waals surface area contributed by atoms with Crippen molar-refractivity contribution in [2.75, 3.05) is 19.0 Å². The number of amides is 1. The second-order valence-corrected chi connectivity index (χ2v) is 5.71. The van der Waals surface area contributed by atoms with Crippen molar-refractivity contribution in [2.24, 2.45) is 5.73 Å². The predicted molar refractivity (Wildman–Crippen MR) is 84.9 cm³/mol. The van der Waals surface area contributed by atoms with Crippen LogP contribution in [0.1, 0.15) is 43.0 Å². The van der Waals surface area contributed by atoms with Crippen molar-refractivity contribution in [1.82, 2.24) is 5.32 Å². The molecule has 5 nitrogen and oxygen atoms in total. The summed E-state index contributed by atoms with van der Waals surface area (Å²) < 4.78 is 5.34. The van der Waals surface area contributed by atoms with Gasteiger partial charge in [0.05, 0.1) is 12.8 Å². The number of hydrogen-bond acceptors (Lipinski definition) is 4. The molecule has 1 aromatic rings. The molecule has 2 atom stereocenters. The zero-order valence-electron chi connectivity index (χ0n) is 12.8. The van der Waals surface area contributed by atoms with Crippen molar-refractivity contribution in [1.29, 1.82) is 0 Å². The van der Waals surface area contributed by atoms with Crippen molar-refractivity contribution < 1.29 is 9.53 Å². The number of methoxy groups -OCH3 is 1. The van der Waals surface area contributed by atoms with Crippen molar-refractivity contribution in [3.63, 3.8) is 0 Å². The summed E-state index contributed by atoms with van der Waals surface area (Å²) in [5, 5.41) is 6.98. The molecule has 1 fully saturated rings. The fourth-order valence-electron chi connectivity index (χ4n) is 2.85. The van der Waals surface area contributed by atoms with Gasteiger partial charge in [0.1, 0.15) is 5.75 Å². The van der Waals surface area contributed by atoms with Crippen LogP contribution < -0.4 is 21.1 Å². The van der Waals surface area contributed by atoms with Crippen LogP contribution in [0.15, 0.2) is 18.2 Å². The van der Waals surface area contributed by atoms with Gasteiger partial charge in [0.2, 0.25) is 5.91 Å². The standard InChI is InChI=1S/C16H25N3O2/c1-11(9-13-5-3-4-8-18-13)19-14-10-12(16(17)20)6-7-15(14)21-2/h6-7,10-11,13,18-19H,3-5,8-9H2,1-2H3,(H2,17,20). The first-order valence-corrected chi connectivity index (χ1v) is 7.58. The number of nitrogens with one attached hydrogen (secondary N) is 2. The van der Waals surface area contributed by atoms with Gasteiger partial charge >= 0.3 is 0 Å². The van der Waals surface area contributed by atoms with E-state index in [1.807, 2.05) is 0 Å². The number of carbonyl (C=O) groups excluding carboxylic acids is 1. The smallest absolute Gasteiger partial charge is 0.248 e. The molecule has 1 aliphatic heterocycles. The molecule has 0 aromatic heterocycles. The number of primary amides is 1. The van der Waals surface area contributed by atoms with Gasteiger partial charge in [-0.25, -0.2) is 0 Å². The van der Waals surface area contributed by atoms with E-state index in [1.165, 1.54) is 19.3 Å². The molecular weight excluding hydrogens is 266 g/mol. The maximum Gasteiger partial charge on any atom is 0.248 e. The molecule has 1 saturated heterocycles. The molecule has 21 heavy (non-hydrogen) atoms. The lowest BCUT2D eigenvalue weighted by Crippen LogP contribution is -2.37. The molecular formula is C16H25N3O2. The minimum absolute atomic E-state index is 0.289. The summed E-state index contributed by atoms with van der Waals surface area (Å²) >= 11 is 0. The van der Waals surface area contributed by atoms with Gasteiger partial charge in [0.15, 0.2) is 0 Å². The maximum absolute atomic E-state index is 11.3. The van der Waals surface area contributed by atoms with Gasteiger partial charge in [-0.3, -0.25) is 4.79 Å². The summed E-state index contributed by atoms with van der Waals surface area (Å²) in [4.78, 5) is 11.3. The Balaban J connectivity index is 2.02. The van der Waals surface area contributed by atoms with Crippen molar-refractivity contribution in [3.8, 4) is 5.75 Å². The Bertz CT molecular complexity index is 484. The largest absolute Gasteiger partial charge is 0.495 e. The van der Waals surface area contributed by atoms with E-state index in [9.17, 15) is 4.79 Å². The quantitative estimate of drug-likeness (QED) is 0.750. The molecule has 0 spiro atoms. The molecule has 0 radical (unpaired) electrons. The number of benzene rings is 1. The summed E-state index contributed by atoms with van der Waals surface area (Å²) in [6.45, 7) is 3.25. The number of ether oxygens (including phenoxy) is 1. The second kappa shape index (κ2) is 7.31. The minimum atomic E-state index is -0.428. The average Bonchev–Trinajstić information content (AvgIpc) is 2.48. The highest BCUT2D eigenvalue weighted by molar-refractivity contribution is 5.94. The Morgan fingerprint density at radius 1 is 1.52 bits per heavy atom. The van der Waals surface area contributed by atoms with E-state index in [2.05, 4.69) is 17.6 Å². The average molecular weight is 291 g/mol. The van der Waals surface area contributed by atoms with Crippen LogP contribution in [0, 0.1) is 0 Å². The molecule has 1 amide bonds. The third-order valence-electron chi connectivity index (χ3n) is 3.94. The summed E-state index contributed by atoms with van der Waals surface area (Å²) in [6.07, 6.45) is 4.84. The number of nitrogens with two attached hydrogens (primary N) is 1. The van der Waals surface area contributed by atoms with E-state index in [0.29, 0.717) is 11.6 Å². The number of piperidine rings is 1. The lowest BCUT2D eigenvalue weighted by Gasteiger charge is -2.27. The highest BCUT2D eigenvalue weighted by Gasteiger charge is 2.17. The fourth-order valence-corrected chi connectivity index (χ4v) is 2.85. The molecule has 5 heteroatoms. The molecule has 4 N–H and O–H groups in total. The van der Waals surface area contributed by atoms with Gasteiger partial charge in [-0.15, -0.1) is 0 Å². The van der Waals surface area contributed by atoms with Gasteiger partial charge < -0.3 is 21.1 Å². The Kier molecular flexibility index (Phi) is 5.44. The molecule has 0 aliphatic carbocycles. The minimum Gasteiger partial charge on any atom is -0.495 e. The van der Waals surface area contributed by atoms with E-state index in [-0.39, 0.29) is 6.04 Å². The van der Waals surface area contributed by atoms with E-state index >= 15 is 0 Å². The number of carbonyl (C=O) groups is 1. The van der Waals surface area contributed by atoms with Crippen molar-refractivity contribution in [2.45, 2.75) is 44.7 Å². The third-order valence-corrected chi connectivity index (χ3v) is 3.94. The molecule has 0 bridgehead atoms. The van der Waals surface area contributed by atoms with Crippen LogP contribution in [-0.4, -0.2) is 31.6 Å². The zero-order valence-corrected chi connectivity index (χ0v) is 12.8. The highest BCUT2D eigenvalue weighted by atomic mass is 16.5. The molecule has 116 valence electrons. The van der Waals surface area contributed by atoms with Crippen LogP contribution in [0.25, 0.3) is 0 Å². The van der Waals surface area contributed by atoms with Crippen molar-refractivity contribution >= 4 is 11.6 Å². The summed E-state index contributed by atoms with van der Waals surface area (Å²) in [7, 11) is 1.62. The summed E-state index contributed by atoms with van der Waals surface area (Å²) in [6, 6.07) is 6.06. The molecule has 1 aliphatic rings. The van der Waals surface area contributed by atoms with Gasteiger partial charge in [0.25, 0.3) is 0 Å². The van der Waals surface area contributed by atoms with Crippen LogP contribution in [0.5, 0.6) is 5.75 Å². The Labute approximate surface area is 126 Å². The summed E-state index contributed by atoms with van der Waals surface area (Å²) in [5.74, 6) is 0.297. The second-order valence-electron chi connectivity index (χ2n) is 5.71. The maximum atomic E-state index is 11.3. The monoisotopic (exact) mass is 291 g/mol. The Morgan fingerprint density at radius 3 is 2.95 bits per heavy atom. The van der Waals surface area contributed by atoms with Crippen LogP contribution in [0.2, 0.25) is 0 Å². The summed E-state index contributed by atoms with van der Waals surface area (Å²) in [5.41, 5.74) is 6.64. The van der Waals surface area contributed by atoms with Gasteiger partial charge in [0, 0.05) is 17.6 Å². The van der Waals surface area contributed by atoms with Crippen molar-refractivity contribution in [3.05, 3.63) is 23.8 Å². The lowest BCUT2D eigenvalue weighted by atomic mass is 9.98. The van der Waals surface area contributed by atoms with Crippen LogP contribution >= 0.6 is 0 Å². The normalized spacial score (nSPS) is 19.8. The first-order chi connectivity index (χ1) is 10.1. The first kappa shape index (κ1) is 15.6. The third kappa shape index (κ3) is 4.36. The fraction of sp³-hybridized carbons (Fsp3) is 0.562. The molecule has 0 saturated carbocycles. The van der Waals surface area contributed by atoms with Gasteiger partial charge in [-0.05, 0) is 50.9 Å². The zero-order chi connectivity index (χ0) is 15.2. The number of hydrogen-bond donors (Lipinski definition) is 3. The van der Waals surface area contributed by atoms with Crippen LogP contribution in [0.4, 0.5) is 5.69 Å². The topological polar surface area (TPSA) is 76.4 Å². The number of anilines is 1. The molecule has 1 aromatic carbocycles. The van der Waals surface area contributed by atoms with Gasteiger partial charge in [-0.1, -0.05) is 6.42 Å². The Morgan fingerprint density at radius 2 is 2.33 bits per heavy atom. The first-order valence-electron chi connectivity index (χ1n) is 7.58. The predicted octanol–water partition coefficient (Wildman–Crippen LogP) is 2.13. The SMILES string of the molecule is COc1ccc(C(N)=O)cc1NC(C)CC1CCCCN1. The molecule has 1 heterocycles. The molecule has 2 rings (SSSR count). The Hall–Kier alpha value is -1.75. The van der Waals surface area contributed by atoms with Crippen LogP contribution in [-0.2, 0) is 0 Å². The van der Waals surface area contributed by atoms with E-state index in [1.54, 1.807) is 25.3 Å². The van der Waals surface area contributed by atoms with E-state index in [4.69, 9.17) is 10.5 Å². The lowest BCUT2D eigenvalue weighted by molar-refractivity contribution is 0.100. The highest BCUT2D eigenvalue weighted by Crippen LogP contribution is 2.27. The van der Waals surface area contributed by atoms with E-state index in [0.717, 1.165) is 24.4 Å². The van der Waals surface area contributed by atoms with Gasteiger partial charge in [-0.2, -0.15) is 0 Å². The number of rotatable bonds is 6. The van der Waals surface area contributed by atoms with Crippen LogP contribution in [0.3, 0.4) is 0 Å².